The van der Waals surface area contributed by atoms with Gasteiger partial charge in [0.15, 0.2) is 0 Å². The van der Waals surface area contributed by atoms with Crippen LogP contribution in [0.4, 0.5) is 18.0 Å². The number of halogens is 3. The number of carbonyl (C=O) groups excluding carboxylic acids is 1. The van der Waals surface area contributed by atoms with E-state index in [1.807, 2.05) is 0 Å². The van der Waals surface area contributed by atoms with E-state index in [4.69, 9.17) is 4.74 Å². The summed E-state index contributed by atoms with van der Waals surface area (Å²) in [6.07, 6.45) is -0.733. The first-order chi connectivity index (χ1) is 12.4. The van der Waals surface area contributed by atoms with E-state index in [-0.39, 0.29) is 12.6 Å². The van der Waals surface area contributed by atoms with Crippen LogP contribution in [-0.2, 0) is 9.47 Å². The summed E-state index contributed by atoms with van der Waals surface area (Å²) in [5, 5.41) is 2.89. The van der Waals surface area contributed by atoms with Crippen LogP contribution in [0.25, 0.3) is 0 Å². The molecule has 6 nitrogen and oxygen atoms in total. The van der Waals surface area contributed by atoms with Crippen LogP contribution in [0.1, 0.15) is 32.6 Å². The first-order valence-corrected chi connectivity index (χ1v) is 9.39. The fourth-order valence-electron chi connectivity index (χ4n) is 2.58. The van der Waals surface area contributed by atoms with Crippen molar-refractivity contribution >= 4 is 6.03 Å². The summed E-state index contributed by atoms with van der Waals surface area (Å²) in [5.41, 5.74) is 0. The van der Waals surface area contributed by atoms with Crippen LogP contribution in [0.15, 0.2) is 0 Å². The van der Waals surface area contributed by atoms with Crippen LogP contribution in [0, 0.1) is 0 Å². The van der Waals surface area contributed by atoms with Crippen LogP contribution in [-0.4, -0.2) is 87.7 Å². The third-order valence-corrected chi connectivity index (χ3v) is 4.07. The van der Waals surface area contributed by atoms with Gasteiger partial charge in [0.2, 0.25) is 0 Å². The summed E-state index contributed by atoms with van der Waals surface area (Å²) >= 11 is 0. The lowest BCUT2D eigenvalue weighted by Gasteiger charge is -2.34. The monoisotopic (exact) mass is 383 g/mol. The lowest BCUT2D eigenvalue weighted by molar-refractivity contribution is -0.174. The van der Waals surface area contributed by atoms with Crippen molar-refractivity contribution in [2.45, 2.75) is 38.8 Å². The van der Waals surface area contributed by atoms with Gasteiger partial charge in [-0.05, 0) is 19.3 Å². The molecule has 9 heteroatoms. The standard InChI is InChI=1S/C17H32F3N3O3/c1-2-3-12-25-13-4-6-21-16(24)23-10-8-22(9-11-23)7-5-14-26-15-17(18,19)20/h2-15H2,1H3,(H,21,24). The second-order valence-electron chi connectivity index (χ2n) is 6.40. The number of hydrogen-bond donors (Lipinski definition) is 1. The largest absolute Gasteiger partial charge is 0.411 e. The molecule has 1 heterocycles. The normalized spacial score (nSPS) is 16.1. The molecule has 0 aliphatic carbocycles. The van der Waals surface area contributed by atoms with Crippen molar-refractivity contribution in [3.8, 4) is 0 Å². The Morgan fingerprint density at radius 2 is 1.65 bits per heavy atom. The number of piperazine rings is 1. The zero-order valence-corrected chi connectivity index (χ0v) is 15.7. The minimum Gasteiger partial charge on any atom is -0.381 e. The van der Waals surface area contributed by atoms with E-state index in [0.29, 0.717) is 39.2 Å². The Bertz CT molecular complexity index is 376. The fourth-order valence-corrected chi connectivity index (χ4v) is 2.58. The quantitative estimate of drug-likeness (QED) is 0.526. The van der Waals surface area contributed by atoms with Gasteiger partial charge in [-0.25, -0.2) is 4.79 Å². The van der Waals surface area contributed by atoms with Crippen molar-refractivity contribution in [2.24, 2.45) is 0 Å². The van der Waals surface area contributed by atoms with Crippen molar-refractivity contribution in [2.75, 3.05) is 65.7 Å². The predicted octanol–water partition coefficient (Wildman–Crippen LogP) is 2.49. The van der Waals surface area contributed by atoms with E-state index >= 15 is 0 Å². The minimum atomic E-state index is -4.26. The Labute approximate surface area is 154 Å². The van der Waals surface area contributed by atoms with Gasteiger partial charge in [0, 0.05) is 59.1 Å². The molecule has 26 heavy (non-hydrogen) atoms. The number of ether oxygens (including phenoxy) is 2. The average molecular weight is 383 g/mol. The summed E-state index contributed by atoms with van der Waals surface area (Å²) in [4.78, 5) is 16.0. The molecule has 1 N–H and O–H groups in total. The Hall–Kier alpha value is -1.06. The van der Waals surface area contributed by atoms with Crippen molar-refractivity contribution in [3.05, 3.63) is 0 Å². The molecule has 0 spiro atoms. The number of nitrogens with zero attached hydrogens (tertiary/aromatic N) is 2. The lowest BCUT2D eigenvalue weighted by atomic mass is 10.3. The van der Waals surface area contributed by atoms with Crippen molar-refractivity contribution in [1.82, 2.24) is 15.1 Å². The number of carbonyl (C=O) groups is 1. The summed E-state index contributed by atoms with van der Waals surface area (Å²) in [6.45, 7) is 6.45. The van der Waals surface area contributed by atoms with E-state index in [1.54, 1.807) is 4.90 Å². The van der Waals surface area contributed by atoms with Gasteiger partial charge in [-0.3, -0.25) is 4.90 Å². The molecule has 1 fully saturated rings. The molecular weight excluding hydrogens is 351 g/mol. The maximum absolute atomic E-state index is 12.1. The van der Waals surface area contributed by atoms with E-state index < -0.39 is 12.8 Å². The van der Waals surface area contributed by atoms with Gasteiger partial charge >= 0.3 is 12.2 Å². The Morgan fingerprint density at radius 1 is 1.00 bits per heavy atom. The Morgan fingerprint density at radius 3 is 2.31 bits per heavy atom. The molecule has 0 aromatic rings. The molecule has 0 aromatic heterocycles. The van der Waals surface area contributed by atoms with Crippen molar-refractivity contribution in [1.29, 1.82) is 0 Å². The maximum Gasteiger partial charge on any atom is 0.411 e. The topological polar surface area (TPSA) is 54.0 Å². The van der Waals surface area contributed by atoms with Crippen molar-refractivity contribution < 1.29 is 27.4 Å². The molecule has 0 bridgehead atoms. The second-order valence-corrected chi connectivity index (χ2v) is 6.40. The molecule has 1 saturated heterocycles. The highest BCUT2D eigenvalue weighted by Crippen LogP contribution is 2.14. The van der Waals surface area contributed by atoms with Gasteiger partial charge in [0.05, 0.1) is 0 Å². The summed E-state index contributed by atoms with van der Waals surface area (Å²) < 4.78 is 45.9. The highest BCUT2D eigenvalue weighted by molar-refractivity contribution is 5.74. The average Bonchev–Trinajstić information content (AvgIpc) is 2.60. The van der Waals surface area contributed by atoms with Gasteiger partial charge in [0.1, 0.15) is 6.61 Å². The third-order valence-electron chi connectivity index (χ3n) is 4.07. The van der Waals surface area contributed by atoms with Crippen LogP contribution >= 0.6 is 0 Å². The molecular formula is C17H32F3N3O3. The van der Waals surface area contributed by atoms with Crippen LogP contribution in [0.2, 0.25) is 0 Å². The van der Waals surface area contributed by atoms with Gasteiger partial charge in [-0.1, -0.05) is 13.3 Å². The van der Waals surface area contributed by atoms with Crippen LogP contribution in [0.3, 0.4) is 0 Å². The molecule has 2 amide bonds. The third kappa shape index (κ3) is 11.5. The van der Waals surface area contributed by atoms with E-state index in [0.717, 1.165) is 39.0 Å². The molecule has 0 atom stereocenters. The molecule has 1 aliphatic heterocycles. The van der Waals surface area contributed by atoms with Crippen LogP contribution < -0.4 is 5.32 Å². The Kier molecular flexibility index (Phi) is 11.6. The predicted molar refractivity (Wildman–Crippen MR) is 93.2 cm³/mol. The number of alkyl halides is 3. The Balaban J connectivity index is 2.00. The summed E-state index contributed by atoms with van der Waals surface area (Å²) in [7, 11) is 0. The number of amides is 2. The van der Waals surface area contributed by atoms with Gasteiger partial charge in [-0.2, -0.15) is 13.2 Å². The van der Waals surface area contributed by atoms with E-state index in [9.17, 15) is 18.0 Å². The minimum absolute atomic E-state index is 0.0632. The molecule has 0 radical (unpaired) electrons. The molecule has 1 aliphatic rings. The van der Waals surface area contributed by atoms with Crippen LogP contribution in [0.5, 0.6) is 0 Å². The van der Waals surface area contributed by atoms with Gasteiger partial charge in [-0.15, -0.1) is 0 Å². The lowest BCUT2D eigenvalue weighted by Crippen LogP contribution is -2.52. The van der Waals surface area contributed by atoms with Gasteiger partial charge < -0.3 is 19.7 Å². The molecule has 0 unspecified atom stereocenters. The molecule has 154 valence electrons. The first-order valence-electron chi connectivity index (χ1n) is 9.39. The fraction of sp³-hybridized carbons (Fsp3) is 0.941. The highest BCUT2D eigenvalue weighted by atomic mass is 19.4. The first kappa shape index (κ1) is 23.0. The molecule has 0 saturated carbocycles. The molecule has 0 aromatic carbocycles. The molecule has 1 rings (SSSR count). The van der Waals surface area contributed by atoms with E-state index in [2.05, 4.69) is 21.9 Å². The zero-order valence-electron chi connectivity index (χ0n) is 15.7. The number of unbranched alkanes of at least 4 members (excludes halogenated alkanes) is 1. The number of rotatable bonds is 12. The highest BCUT2D eigenvalue weighted by Gasteiger charge is 2.27. The van der Waals surface area contributed by atoms with Crippen molar-refractivity contribution in [3.63, 3.8) is 0 Å². The smallest absolute Gasteiger partial charge is 0.381 e. The summed E-state index contributed by atoms with van der Waals surface area (Å²) in [5.74, 6) is 0. The number of hydrogen-bond acceptors (Lipinski definition) is 4. The van der Waals surface area contributed by atoms with Gasteiger partial charge in [0.25, 0.3) is 0 Å². The maximum atomic E-state index is 12.1. The zero-order chi connectivity index (χ0) is 19.3. The SMILES string of the molecule is CCCCOCCCNC(=O)N1CCN(CCCOCC(F)(F)F)CC1. The van der Waals surface area contributed by atoms with E-state index in [1.165, 1.54) is 0 Å². The second kappa shape index (κ2) is 13.2. The summed E-state index contributed by atoms with van der Waals surface area (Å²) in [6, 6.07) is -0.0632. The number of urea groups is 1. The number of nitrogens with one attached hydrogen (secondary N) is 1.